The molecular formula is C16H21N3. The van der Waals surface area contributed by atoms with Crippen molar-refractivity contribution in [3.05, 3.63) is 53.0 Å². The number of hydrogen-bond acceptors (Lipinski definition) is 3. The fourth-order valence-electron chi connectivity index (χ4n) is 2.04. The molecule has 3 heteroatoms. The third-order valence-corrected chi connectivity index (χ3v) is 3.10. The highest BCUT2D eigenvalue weighted by atomic mass is 14.9. The van der Waals surface area contributed by atoms with Crippen LogP contribution in [0.25, 0.3) is 0 Å². The molecule has 0 radical (unpaired) electrons. The second kappa shape index (κ2) is 5.00. The number of benzene rings is 1. The number of nitrogens with zero attached hydrogens (tertiary/aromatic N) is 2. The lowest BCUT2D eigenvalue weighted by Gasteiger charge is -2.19. The zero-order chi connectivity index (χ0) is 14.0. The Bertz CT molecular complexity index is 545. The fraction of sp³-hybridized carbons (Fsp3) is 0.375. The molecule has 100 valence electrons. The lowest BCUT2D eigenvalue weighted by Crippen LogP contribution is -2.10. The van der Waals surface area contributed by atoms with Crippen LogP contribution in [0.1, 0.15) is 43.4 Å². The highest BCUT2D eigenvalue weighted by Crippen LogP contribution is 2.22. The highest BCUT2D eigenvalue weighted by molar-refractivity contribution is 5.32. The summed E-state index contributed by atoms with van der Waals surface area (Å²) in [6.45, 7) is 8.58. The average molecular weight is 255 g/mol. The van der Waals surface area contributed by atoms with Gasteiger partial charge < -0.3 is 5.73 Å². The Morgan fingerprint density at radius 1 is 1.05 bits per heavy atom. The van der Waals surface area contributed by atoms with Crippen LogP contribution >= 0.6 is 0 Å². The van der Waals surface area contributed by atoms with Gasteiger partial charge in [0.2, 0.25) is 0 Å². The minimum atomic E-state index is 0.183. The molecule has 0 saturated carbocycles. The van der Waals surface area contributed by atoms with Crippen molar-refractivity contribution >= 4 is 5.82 Å². The van der Waals surface area contributed by atoms with Crippen molar-refractivity contribution in [2.75, 3.05) is 5.73 Å². The van der Waals surface area contributed by atoms with E-state index in [0.29, 0.717) is 5.82 Å². The summed E-state index contributed by atoms with van der Waals surface area (Å²) < 4.78 is 0. The summed E-state index contributed by atoms with van der Waals surface area (Å²) in [5, 5.41) is 0. The van der Waals surface area contributed by atoms with Gasteiger partial charge in [-0.1, -0.05) is 45.0 Å². The summed E-state index contributed by atoms with van der Waals surface area (Å²) in [4.78, 5) is 8.68. The Morgan fingerprint density at radius 3 is 2.21 bits per heavy atom. The Hall–Kier alpha value is -1.90. The highest BCUT2D eigenvalue weighted by Gasteiger charge is 2.13. The number of rotatable bonds is 2. The normalized spacial score (nSPS) is 11.6. The van der Waals surface area contributed by atoms with Crippen LogP contribution in [-0.2, 0) is 11.8 Å². The summed E-state index contributed by atoms with van der Waals surface area (Å²) in [5.41, 5.74) is 9.38. The smallest absolute Gasteiger partial charge is 0.135 e. The number of nitrogen functional groups attached to an aromatic ring is 1. The molecule has 0 bridgehead atoms. The summed E-state index contributed by atoms with van der Waals surface area (Å²) >= 11 is 0. The maximum atomic E-state index is 5.74. The van der Waals surface area contributed by atoms with E-state index >= 15 is 0 Å². The number of hydrogen-bond donors (Lipinski definition) is 1. The molecule has 0 spiro atoms. The van der Waals surface area contributed by atoms with Gasteiger partial charge in [0.15, 0.2) is 0 Å². The van der Waals surface area contributed by atoms with Gasteiger partial charge in [0, 0.05) is 18.2 Å². The van der Waals surface area contributed by atoms with Crippen molar-refractivity contribution in [2.45, 2.75) is 39.5 Å². The maximum Gasteiger partial charge on any atom is 0.135 e. The van der Waals surface area contributed by atoms with E-state index in [0.717, 1.165) is 17.9 Å². The number of aryl methyl sites for hydroxylation is 1. The molecule has 0 aliphatic heterocycles. The Labute approximate surface area is 114 Å². The van der Waals surface area contributed by atoms with Crippen LogP contribution in [0.2, 0.25) is 0 Å². The standard InChI is InChI=1S/C16H21N3/c1-11-9-14(17)19-15(18-11)10-12-5-7-13(8-6-12)16(2,3)4/h5-9H,10H2,1-4H3,(H2,17,18,19). The van der Waals surface area contributed by atoms with E-state index in [1.54, 1.807) is 6.07 Å². The summed E-state index contributed by atoms with van der Waals surface area (Å²) in [6, 6.07) is 10.4. The van der Waals surface area contributed by atoms with Crippen molar-refractivity contribution in [2.24, 2.45) is 0 Å². The average Bonchev–Trinajstić information content (AvgIpc) is 2.26. The van der Waals surface area contributed by atoms with E-state index < -0.39 is 0 Å². The van der Waals surface area contributed by atoms with Gasteiger partial charge >= 0.3 is 0 Å². The van der Waals surface area contributed by atoms with E-state index in [1.807, 2.05) is 6.92 Å². The molecule has 19 heavy (non-hydrogen) atoms. The predicted molar refractivity (Wildman–Crippen MR) is 79.1 cm³/mol. The first-order valence-corrected chi connectivity index (χ1v) is 6.54. The van der Waals surface area contributed by atoms with Gasteiger partial charge in [0.1, 0.15) is 11.6 Å². The van der Waals surface area contributed by atoms with Gasteiger partial charge in [0.25, 0.3) is 0 Å². The number of anilines is 1. The molecule has 2 rings (SSSR count). The maximum absolute atomic E-state index is 5.74. The first kappa shape index (κ1) is 13.5. The quantitative estimate of drug-likeness (QED) is 0.896. The summed E-state index contributed by atoms with van der Waals surface area (Å²) in [7, 11) is 0. The monoisotopic (exact) mass is 255 g/mol. The fourth-order valence-corrected chi connectivity index (χ4v) is 2.04. The van der Waals surface area contributed by atoms with Crippen molar-refractivity contribution in [3.8, 4) is 0 Å². The minimum Gasteiger partial charge on any atom is -0.384 e. The van der Waals surface area contributed by atoms with Gasteiger partial charge in [-0.2, -0.15) is 0 Å². The van der Waals surface area contributed by atoms with Gasteiger partial charge in [-0.15, -0.1) is 0 Å². The number of nitrogens with two attached hydrogens (primary N) is 1. The molecule has 0 amide bonds. The molecule has 0 saturated heterocycles. The molecule has 1 heterocycles. The van der Waals surface area contributed by atoms with Gasteiger partial charge in [0.05, 0.1) is 0 Å². The molecule has 3 nitrogen and oxygen atoms in total. The second-order valence-electron chi connectivity index (χ2n) is 5.97. The zero-order valence-corrected chi connectivity index (χ0v) is 12.1. The summed E-state index contributed by atoms with van der Waals surface area (Å²) in [6.07, 6.45) is 0.719. The van der Waals surface area contributed by atoms with Crippen LogP contribution < -0.4 is 5.73 Å². The molecule has 0 aliphatic carbocycles. The molecule has 1 aromatic heterocycles. The van der Waals surface area contributed by atoms with Crippen LogP contribution in [0, 0.1) is 6.92 Å². The van der Waals surface area contributed by atoms with Crippen LogP contribution in [-0.4, -0.2) is 9.97 Å². The van der Waals surface area contributed by atoms with Crippen LogP contribution in [0.15, 0.2) is 30.3 Å². The molecule has 1 aromatic carbocycles. The van der Waals surface area contributed by atoms with Crippen molar-refractivity contribution in [3.63, 3.8) is 0 Å². The third-order valence-electron chi connectivity index (χ3n) is 3.10. The first-order valence-electron chi connectivity index (χ1n) is 6.54. The Morgan fingerprint density at radius 2 is 1.68 bits per heavy atom. The molecule has 2 N–H and O–H groups in total. The lowest BCUT2D eigenvalue weighted by atomic mass is 9.86. The van der Waals surface area contributed by atoms with E-state index in [-0.39, 0.29) is 5.41 Å². The Kier molecular flexibility index (Phi) is 3.56. The molecule has 0 fully saturated rings. The van der Waals surface area contributed by atoms with Gasteiger partial charge in [-0.3, -0.25) is 0 Å². The molecule has 0 atom stereocenters. The van der Waals surface area contributed by atoms with Crippen molar-refractivity contribution in [1.82, 2.24) is 9.97 Å². The Balaban J connectivity index is 2.20. The van der Waals surface area contributed by atoms with E-state index in [9.17, 15) is 0 Å². The van der Waals surface area contributed by atoms with Crippen molar-refractivity contribution in [1.29, 1.82) is 0 Å². The summed E-state index contributed by atoms with van der Waals surface area (Å²) in [5.74, 6) is 1.31. The van der Waals surface area contributed by atoms with Gasteiger partial charge in [-0.05, 0) is 23.5 Å². The first-order chi connectivity index (χ1) is 8.84. The van der Waals surface area contributed by atoms with E-state index in [4.69, 9.17) is 5.73 Å². The van der Waals surface area contributed by atoms with Gasteiger partial charge in [-0.25, -0.2) is 9.97 Å². The predicted octanol–water partition coefficient (Wildman–Crippen LogP) is 3.26. The van der Waals surface area contributed by atoms with Crippen molar-refractivity contribution < 1.29 is 0 Å². The molecule has 0 aliphatic rings. The van der Waals surface area contributed by atoms with Crippen LogP contribution in [0.5, 0.6) is 0 Å². The molecule has 2 aromatic rings. The minimum absolute atomic E-state index is 0.183. The van der Waals surface area contributed by atoms with E-state index in [2.05, 4.69) is 55.0 Å². The number of aromatic nitrogens is 2. The molecular weight excluding hydrogens is 234 g/mol. The third kappa shape index (κ3) is 3.53. The second-order valence-corrected chi connectivity index (χ2v) is 5.97. The van der Waals surface area contributed by atoms with E-state index in [1.165, 1.54) is 11.1 Å². The van der Waals surface area contributed by atoms with Crippen LogP contribution in [0.3, 0.4) is 0 Å². The largest absolute Gasteiger partial charge is 0.384 e. The SMILES string of the molecule is Cc1cc(N)nc(Cc2ccc(C(C)(C)C)cc2)n1. The topological polar surface area (TPSA) is 51.8 Å². The lowest BCUT2D eigenvalue weighted by molar-refractivity contribution is 0.590. The zero-order valence-electron chi connectivity index (χ0n) is 12.1. The molecule has 0 unspecified atom stereocenters. The van der Waals surface area contributed by atoms with Crippen LogP contribution in [0.4, 0.5) is 5.82 Å².